The summed E-state index contributed by atoms with van der Waals surface area (Å²) >= 11 is 0. The molecule has 0 radical (unpaired) electrons. The summed E-state index contributed by atoms with van der Waals surface area (Å²) in [4.78, 5) is 21.9. The smallest absolute Gasteiger partial charge is 0.270 e. The summed E-state index contributed by atoms with van der Waals surface area (Å²) in [6.07, 6.45) is 1.72. The van der Waals surface area contributed by atoms with Gasteiger partial charge < -0.3 is 4.57 Å². The van der Waals surface area contributed by atoms with Gasteiger partial charge in [-0.1, -0.05) is 0 Å². The number of pyridine rings is 1. The standard InChI is InChI=1S/C11H10N2O3/c1-7-6-12(2)11(14)10-5-8(13(15)16)3-4-9(7)10/h3-6H,1-2H3. The number of hydrogen-bond donors (Lipinski definition) is 0. The van der Waals surface area contributed by atoms with E-state index in [-0.39, 0.29) is 11.2 Å². The molecule has 2 aromatic rings. The second-order valence-corrected chi connectivity index (χ2v) is 3.72. The first-order chi connectivity index (χ1) is 7.50. The van der Waals surface area contributed by atoms with E-state index in [1.54, 1.807) is 19.3 Å². The van der Waals surface area contributed by atoms with Gasteiger partial charge in [0.25, 0.3) is 11.2 Å². The first kappa shape index (κ1) is 10.4. The molecule has 5 nitrogen and oxygen atoms in total. The van der Waals surface area contributed by atoms with Gasteiger partial charge >= 0.3 is 0 Å². The van der Waals surface area contributed by atoms with Crippen LogP contribution in [0.4, 0.5) is 5.69 Å². The van der Waals surface area contributed by atoms with E-state index >= 15 is 0 Å². The van der Waals surface area contributed by atoms with Crippen LogP contribution in [0.2, 0.25) is 0 Å². The Kier molecular flexibility index (Phi) is 2.23. The third-order valence-electron chi connectivity index (χ3n) is 2.58. The minimum atomic E-state index is -0.499. The SMILES string of the molecule is Cc1cn(C)c(=O)c2cc([N+](=O)[O-])ccc12. The molecule has 0 spiro atoms. The number of fused-ring (bicyclic) bond motifs is 1. The van der Waals surface area contributed by atoms with Crippen molar-refractivity contribution in [3.63, 3.8) is 0 Å². The largest absolute Gasteiger partial charge is 0.318 e. The van der Waals surface area contributed by atoms with Crippen LogP contribution in [-0.2, 0) is 7.05 Å². The minimum Gasteiger partial charge on any atom is -0.318 e. The third kappa shape index (κ3) is 1.46. The van der Waals surface area contributed by atoms with Crippen LogP contribution in [-0.4, -0.2) is 9.49 Å². The Hall–Kier alpha value is -2.17. The molecule has 0 bridgehead atoms. The molecular weight excluding hydrogens is 208 g/mol. The third-order valence-corrected chi connectivity index (χ3v) is 2.58. The summed E-state index contributed by atoms with van der Waals surface area (Å²) in [5.74, 6) is 0. The zero-order valence-corrected chi connectivity index (χ0v) is 8.93. The van der Waals surface area contributed by atoms with E-state index in [9.17, 15) is 14.9 Å². The van der Waals surface area contributed by atoms with E-state index in [0.29, 0.717) is 5.39 Å². The van der Waals surface area contributed by atoms with Crippen molar-refractivity contribution in [1.82, 2.24) is 4.57 Å². The monoisotopic (exact) mass is 218 g/mol. The van der Waals surface area contributed by atoms with E-state index in [2.05, 4.69) is 0 Å². The number of hydrogen-bond acceptors (Lipinski definition) is 3. The number of aromatic nitrogens is 1. The van der Waals surface area contributed by atoms with Crippen LogP contribution in [0.5, 0.6) is 0 Å². The van der Waals surface area contributed by atoms with Crippen molar-refractivity contribution in [2.75, 3.05) is 0 Å². The van der Waals surface area contributed by atoms with E-state index < -0.39 is 4.92 Å². The van der Waals surface area contributed by atoms with Crippen molar-refractivity contribution in [2.45, 2.75) is 6.92 Å². The van der Waals surface area contributed by atoms with Crippen LogP contribution in [0.15, 0.2) is 29.2 Å². The molecule has 0 saturated carbocycles. The topological polar surface area (TPSA) is 65.1 Å². The fourth-order valence-electron chi connectivity index (χ4n) is 1.78. The molecule has 1 aromatic heterocycles. The van der Waals surface area contributed by atoms with Gasteiger partial charge in [-0.2, -0.15) is 0 Å². The quantitative estimate of drug-likeness (QED) is 0.541. The molecule has 2 rings (SSSR count). The van der Waals surface area contributed by atoms with Crippen molar-refractivity contribution in [1.29, 1.82) is 0 Å². The normalized spacial score (nSPS) is 10.6. The zero-order chi connectivity index (χ0) is 11.9. The van der Waals surface area contributed by atoms with Crippen LogP contribution in [0, 0.1) is 17.0 Å². The van der Waals surface area contributed by atoms with Gasteiger partial charge in [-0.3, -0.25) is 14.9 Å². The second kappa shape index (κ2) is 3.44. The number of nitro groups is 1. The molecule has 0 fully saturated rings. The van der Waals surface area contributed by atoms with Crippen LogP contribution < -0.4 is 5.56 Å². The van der Waals surface area contributed by atoms with Crippen LogP contribution >= 0.6 is 0 Å². The second-order valence-electron chi connectivity index (χ2n) is 3.72. The van der Waals surface area contributed by atoms with Crippen molar-refractivity contribution in [3.8, 4) is 0 Å². The lowest BCUT2D eigenvalue weighted by Gasteiger charge is -2.04. The van der Waals surface area contributed by atoms with E-state index in [1.165, 1.54) is 16.7 Å². The number of aryl methyl sites for hydroxylation is 2. The maximum absolute atomic E-state index is 11.8. The maximum Gasteiger partial charge on any atom is 0.270 e. The molecule has 16 heavy (non-hydrogen) atoms. The highest BCUT2D eigenvalue weighted by molar-refractivity contribution is 5.86. The van der Waals surface area contributed by atoms with Gasteiger partial charge in [0.15, 0.2) is 0 Å². The molecule has 0 aliphatic carbocycles. The highest BCUT2D eigenvalue weighted by Crippen LogP contribution is 2.20. The average molecular weight is 218 g/mol. The van der Waals surface area contributed by atoms with Crippen LogP contribution in [0.25, 0.3) is 10.8 Å². The highest BCUT2D eigenvalue weighted by Gasteiger charge is 2.10. The Bertz CT molecular complexity index is 643. The Balaban J connectivity index is 2.92. The van der Waals surface area contributed by atoms with E-state index in [0.717, 1.165) is 10.9 Å². The van der Waals surface area contributed by atoms with E-state index in [4.69, 9.17) is 0 Å². The summed E-state index contributed by atoms with van der Waals surface area (Å²) in [5, 5.41) is 11.8. The van der Waals surface area contributed by atoms with Gasteiger partial charge in [0.05, 0.1) is 10.3 Å². The Labute approximate surface area is 91.1 Å². The van der Waals surface area contributed by atoms with Gasteiger partial charge in [-0.05, 0) is 23.9 Å². The van der Waals surface area contributed by atoms with Crippen molar-refractivity contribution >= 4 is 16.5 Å². The molecule has 1 aromatic carbocycles. The number of nitro benzene ring substituents is 1. The predicted octanol–water partition coefficient (Wildman–Crippen LogP) is 1.76. The molecule has 0 aliphatic heterocycles. The summed E-state index contributed by atoms with van der Waals surface area (Å²) in [7, 11) is 1.63. The molecule has 82 valence electrons. The minimum absolute atomic E-state index is 0.0600. The lowest BCUT2D eigenvalue weighted by Crippen LogP contribution is -2.16. The first-order valence-electron chi connectivity index (χ1n) is 4.75. The van der Waals surface area contributed by atoms with Gasteiger partial charge in [0, 0.05) is 25.4 Å². The summed E-state index contributed by atoms with van der Waals surface area (Å²) < 4.78 is 1.43. The Morgan fingerprint density at radius 2 is 2.00 bits per heavy atom. The van der Waals surface area contributed by atoms with Gasteiger partial charge in [0.1, 0.15) is 0 Å². The van der Waals surface area contributed by atoms with Gasteiger partial charge in [0.2, 0.25) is 0 Å². The molecule has 0 amide bonds. The first-order valence-corrected chi connectivity index (χ1v) is 4.75. The zero-order valence-electron chi connectivity index (χ0n) is 8.93. The maximum atomic E-state index is 11.8. The number of rotatable bonds is 1. The lowest BCUT2D eigenvalue weighted by molar-refractivity contribution is -0.384. The summed E-state index contributed by atoms with van der Waals surface area (Å²) in [5.41, 5.74) is 0.645. The molecular formula is C11H10N2O3. The fraction of sp³-hybridized carbons (Fsp3) is 0.182. The van der Waals surface area contributed by atoms with E-state index in [1.807, 2.05) is 6.92 Å². The number of benzene rings is 1. The molecule has 0 atom stereocenters. The Morgan fingerprint density at radius 1 is 1.31 bits per heavy atom. The van der Waals surface area contributed by atoms with Crippen LogP contribution in [0.1, 0.15) is 5.56 Å². The molecule has 0 aliphatic rings. The van der Waals surface area contributed by atoms with Gasteiger partial charge in [-0.25, -0.2) is 0 Å². The molecule has 1 heterocycles. The average Bonchev–Trinajstić information content (AvgIpc) is 2.25. The van der Waals surface area contributed by atoms with Crippen molar-refractivity contribution < 1.29 is 4.92 Å². The van der Waals surface area contributed by atoms with Crippen molar-refractivity contribution in [2.24, 2.45) is 7.05 Å². The molecule has 0 saturated heterocycles. The lowest BCUT2D eigenvalue weighted by atomic mass is 10.1. The Morgan fingerprint density at radius 3 is 2.62 bits per heavy atom. The molecule has 0 unspecified atom stereocenters. The number of nitrogens with zero attached hydrogens (tertiary/aromatic N) is 2. The summed E-state index contributed by atoms with van der Waals surface area (Å²) in [6, 6.07) is 4.35. The van der Waals surface area contributed by atoms with Crippen molar-refractivity contribution in [3.05, 3.63) is 50.4 Å². The molecule has 5 heteroatoms. The predicted molar refractivity (Wildman–Crippen MR) is 60.6 cm³/mol. The summed E-state index contributed by atoms with van der Waals surface area (Å²) in [6.45, 7) is 1.87. The fourth-order valence-corrected chi connectivity index (χ4v) is 1.78. The van der Waals surface area contributed by atoms with Crippen LogP contribution in [0.3, 0.4) is 0 Å². The molecule has 0 N–H and O–H groups in total. The highest BCUT2D eigenvalue weighted by atomic mass is 16.6. The van der Waals surface area contributed by atoms with Gasteiger partial charge in [-0.15, -0.1) is 0 Å². The number of non-ortho nitro benzene ring substituents is 1.